The third kappa shape index (κ3) is 2.63. The molecule has 0 amide bonds. The van der Waals surface area contributed by atoms with Crippen LogP contribution in [-0.2, 0) is 6.42 Å². The zero-order valence-corrected chi connectivity index (χ0v) is 7.92. The minimum Gasteiger partial charge on any atom is -0.384 e. The van der Waals surface area contributed by atoms with Crippen LogP contribution in [0.25, 0.3) is 0 Å². The molecule has 2 heterocycles. The summed E-state index contributed by atoms with van der Waals surface area (Å²) in [7, 11) is 0. The Labute approximate surface area is 85.7 Å². The van der Waals surface area contributed by atoms with E-state index in [1.807, 2.05) is 0 Å². The second-order valence-electron chi connectivity index (χ2n) is 2.82. The number of nitrogen functional groups attached to an aromatic ring is 1. The minimum absolute atomic E-state index is 0.435. The Balaban J connectivity index is 1.83. The second-order valence-corrected chi connectivity index (χ2v) is 2.82. The van der Waals surface area contributed by atoms with E-state index in [9.17, 15) is 0 Å². The van der Waals surface area contributed by atoms with Crippen molar-refractivity contribution in [3.05, 3.63) is 24.5 Å². The number of rotatable bonds is 4. The lowest BCUT2D eigenvalue weighted by molar-refractivity contribution is 0.379. The van der Waals surface area contributed by atoms with E-state index in [2.05, 4.69) is 25.4 Å². The zero-order chi connectivity index (χ0) is 10.5. The van der Waals surface area contributed by atoms with Crippen LogP contribution in [-0.4, -0.2) is 26.7 Å². The molecule has 0 saturated carbocycles. The summed E-state index contributed by atoms with van der Waals surface area (Å²) in [5.74, 6) is 1.51. The van der Waals surface area contributed by atoms with Crippen molar-refractivity contribution in [1.29, 1.82) is 0 Å². The molecule has 0 aromatic carbocycles. The number of aromatic nitrogens is 4. The molecule has 0 radical (unpaired) electrons. The van der Waals surface area contributed by atoms with Gasteiger partial charge in [-0.25, -0.2) is 4.98 Å². The van der Waals surface area contributed by atoms with Crippen molar-refractivity contribution in [3.63, 3.8) is 0 Å². The van der Waals surface area contributed by atoms with E-state index >= 15 is 0 Å². The first kappa shape index (κ1) is 9.38. The molecule has 0 aliphatic rings. The third-order valence-corrected chi connectivity index (χ3v) is 1.71. The molecule has 0 aliphatic carbocycles. The number of nitrogens with zero attached hydrogens (tertiary/aromatic N) is 4. The van der Waals surface area contributed by atoms with E-state index in [0.717, 1.165) is 0 Å². The maximum Gasteiger partial charge on any atom is 0.228 e. The summed E-state index contributed by atoms with van der Waals surface area (Å²) in [6.07, 6.45) is 3.59. The Morgan fingerprint density at radius 1 is 1.40 bits per heavy atom. The van der Waals surface area contributed by atoms with E-state index in [1.165, 1.54) is 6.33 Å². The Kier molecular flexibility index (Phi) is 2.72. The number of nitrogens with two attached hydrogens (primary N) is 1. The van der Waals surface area contributed by atoms with Crippen LogP contribution in [0.5, 0.6) is 0 Å². The summed E-state index contributed by atoms with van der Waals surface area (Å²) in [4.78, 5) is 11.9. The molecule has 2 rings (SSSR count). The first-order valence-corrected chi connectivity index (χ1v) is 4.42. The molecule has 3 N–H and O–H groups in total. The zero-order valence-electron chi connectivity index (χ0n) is 7.92. The third-order valence-electron chi connectivity index (χ3n) is 1.71. The van der Waals surface area contributed by atoms with Gasteiger partial charge in [0.1, 0.15) is 5.82 Å². The SMILES string of the molecule is Nc1ccnc(NCCc2ncno2)n1. The summed E-state index contributed by atoms with van der Waals surface area (Å²) < 4.78 is 4.83. The number of hydrogen-bond donors (Lipinski definition) is 2. The van der Waals surface area contributed by atoms with Crippen LogP contribution in [0.3, 0.4) is 0 Å². The maximum atomic E-state index is 5.49. The predicted octanol–water partition coefficient (Wildman–Crippen LogP) is 0.0964. The van der Waals surface area contributed by atoms with Crippen LogP contribution in [0.1, 0.15) is 5.89 Å². The van der Waals surface area contributed by atoms with Gasteiger partial charge in [0, 0.05) is 19.2 Å². The fourth-order valence-electron chi connectivity index (χ4n) is 1.05. The van der Waals surface area contributed by atoms with Gasteiger partial charge in [-0.3, -0.25) is 0 Å². The monoisotopic (exact) mass is 206 g/mol. The van der Waals surface area contributed by atoms with Gasteiger partial charge in [0.05, 0.1) is 0 Å². The van der Waals surface area contributed by atoms with E-state index in [1.54, 1.807) is 12.3 Å². The lowest BCUT2D eigenvalue weighted by Crippen LogP contribution is -2.08. The normalized spacial score (nSPS) is 10.1. The van der Waals surface area contributed by atoms with Crippen LogP contribution >= 0.6 is 0 Å². The van der Waals surface area contributed by atoms with Gasteiger partial charge in [-0.05, 0) is 6.07 Å². The first-order chi connectivity index (χ1) is 7.34. The van der Waals surface area contributed by atoms with Crippen LogP contribution in [0.4, 0.5) is 11.8 Å². The summed E-state index contributed by atoms with van der Waals surface area (Å²) in [5.41, 5.74) is 5.49. The van der Waals surface area contributed by atoms with Crippen molar-refractivity contribution in [1.82, 2.24) is 20.1 Å². The summed E-state index contributed by atoms with van der Waals surface area (Å²) in [5, 5.41) is 6.49. The molecule has 0 spiro atoms. The molecular weight excluding hydrogens is 196 g/mol. The Morgan fingerprint density at radius 3 is 3.07 bits per heavy atom. The summed E-state index contributed by atoms with van der Waals surface area (Å²) >= 11 is 0. The topological polar surface area (TPSA) is 103 Å². The van der Waals surface area contributed by atoms with Crippen molar-refractivity contribution in [2.75, 3.05) is 17.6 Å². The summed E-state index contributed by atoms with van der Waals surface area (Å²) in [6.45, 7) is 0.617. The molecule has 0 unspecified atom stereocenters. The molecule has 78 valence electrons. The highest BCUT2D eigenvalue weighted by Crippen LogP contribution is 2.01. The Morgan fingerprint density at radius 2 is 2.33 bits per heavy atom. The average molecular weight is 206 g/mol. The molecule has 2 aromatic rings. The van der Waals surface area contributed by atoms with Gasteiger partial charge in [-0.2, -0.15) is 9.97 Å². The molecule has 0 saturated heterocycles. The molecule has 0 bridgehead atoms. The Hall–Kier alpha value is -2.18. The lowest BCUT2D eigenvalue weighted by Gasteiger charge is -2.02. The van der Waals surface area contributed by atoms with Gasteiger partial charge in [0.25, 0.3) is 0 Å². The first-order valence-electron chi connectivity index (χ1n) is 4.42. The fraction of sp³-hybridized carbons (Fsp3) is 0.250. The van der Waals surface area contributed by atoms with E-state index in [4.69, 9.17) is 10.3 Å². The highest BCUT2D eigenvalue weighted by molar-refractivity contribution is 5.34. The van der Waals surface area contributed by atoms with Crippen LogP contribution in [0, 0.1) is 0 Å². The van der Waals surface area contributed by atoms with Crippen LogP contribution in [0.2, 0.25) is 0 Å². The van der Waals surface area contributed by atoms with E-state index in [-0.39, 0.29) is 0 Å². The van der Waals surface area contributed by atoms with Gasteiger partial charge in [-0.15, -0.1) is 0 Å². The lowest BCUT2D eigenvalue weighted by atomic mass is 10.4. The van der Waals surface area contributed by atoms with Gasteiger partial charge in [-0.1, -0.05) is 5.16 Å². The van der Waals surface area contributed by atoms with Crippen molar-refractivity contribution in [2.24, 2.45) is 0 Å². The van der Waals surface area contributed by atoms with Crippen molar-refractivity contribution < 1.29 is 4.52 Å². The van der Waals surface area contributed by atoms with Gasteiger partial charge >= 0.3 is 0 Å². The minimum atomic E-state index is 0.435. The average Bonchev–Trinajstić information content (AvgIpc) is 2.71. The number of anilines is 2. The molecule has 2 aromatic heterocycles. The van der Waals surface area contributed by atoms with Crippen molar-refractivity contribution in [2.45, 2.75) is 6.42 Å². The van der Waals surface area contributed by atoms with E-state index < -0.39 is 0 Å². The van der Waals surface area contributed by atoms with Crippen molar-refractivity contribution in [3.8, 4) is 0 Å². The van der Waals surface area contributed by atoms with Crippen molar-refractivity contribution >= 4 is 11.8 Å². The highest BCUT2D eigenvalue weighted by Gasteiger charge is 1.99. The second kappa shape index (κ2) is 4.36. The quantitative estimate of drug-likeness (QED) is 0.730. The smallest absolute Gasteiger partial charge is 0.228 e. The van der Waals surface area contributed by atoms with Crippen LogP contribution in [0.15, 0.2) is 23.1 Å². The van der Waals surface area contributed by atoms with Gasteiger partial charge < -0.3 is 15.6 Å². The van der Waals surface area contributed by atoms with Crippen LogP contribution < -0.4 is 11.1 Å². The molecule has 0 fully saturated rings. The molecule has 7 heteroatoms. The Bertz CT molecular complexity index is 415. The molecule has 15 heavy (non-hydrogen) atoms. The highest BCUT2D eigenvalue weighted by atomic mass is 16.5. The number of hydrogen-bond acceptors (Lipinski definition) is 7. The fourth-order valence-corrected chi connectivity index (χ4v) is 1.05. The molecule has 0 atom stereocenters. The van der Waals surface area contributed by atoms with Gasteiger partial charge in [0.2, 0.25) is 11.8 Å². The maximum absolute atomic E-state index is 5.49. The predicted molar refractivity (Wildman–Crippen MR) is 52.9 cm³/mol. The molecule has 0 aliphatic heterocycles. The standard InChI is InChI=1S/C8H10N6O/c9-6-1-3-10-8(14-6)11-4-2-7-12-5-13-15-7/h1,3,5H,2,4H2,(H3,9,10,11,14). The number of nitrogens with one attached hydrogen (secondary N) is 1. The molecule has 7 nitrogen and oxygen atoms in total. The van der Waals surface area contributed by atoms with E-state index in [0.29, 0.717) is 30.6 Å². The molecular formula is C8H10N6O. The summed E-state index contributed by atoms with van der Waals surface area (Å²) in [6, 6.07) is 1.63. The largest absolute Gasteiger partial charge is 0.384 e. The van der Waals surface area contributed by atoms with Gasteiger partial charge in [0.15, 0.2) is 6.33 Å².